The Morgan fingerprint density at radius 1 is 1.10 bits per heavy atom. The van der Waals surface area contributed by atoms with Crippen LogP contribution in [0.15, 0.2) is 42.7 Å². The molecule has 1 fully saturated rings. The van der Waals surface area contributed by atoms with E-state index in [0.717, 1.165) is 38.4 Å². The Morgan fingerprint density at radius 3 is 2.50 bits per heavy atom. The molecule has 30 heavy (non-hydrogen) atoms. The first kappa shape index (κ1) is 21.7. The number of hydrogen-bond donors (Lipinski definition) is 2. The van der Waals surface area contributed by atoms with Crippen LogP contribution in [-0.2, 0) is 16.1 Å². The first-order valence-corrected chi connectivity index (χ1v) is 9.91. The van der Waals surface area contributed by atoms with E-state index in [1.54, 1.807) is 24.5 Å². The minimum absolute atomic E-state index is 0.110. The molecule has 2 aromatic rings. The number of amides is 1. The lowest BCUT2D eigenvalue weighted by Gasteiger charge is -2.35. The summed E-state index contributed by atoms with van der Waals surface area (Å²) in [4.78, 5) is 36.9. The van der Waals surface area contributed by atoms with Crippen LogP contribution in [0.4, 0.5) is 5.69 Å². The number of hydrogen-bond acceptors (Lipinski definition) is 7. The van der Waals surface area contributed by atoms with E-state index in [1.807, 2.05) is 18.2 Å². The fraction of sp³-hybridized carbons (Fsp3) is 0.429. The van der Waals surface area contributed by atoms with Crippen molar-refractivity contribution in [2.45, 2.75) is 13.0 Å². The van der Waals surface area contributed by atoms with Crippen LogP contribution in [0.1, 0.15) is 12.1 Å². The summed E-state index contributed by atoms with van der Waals surface area (Å²) in [6.45, 7) is 4.31. The molecule has 1 aliphatic heterocycles. The van der Waals surface area contributed by atoms with E-state index in [9.17, 15) is 14.7 Å². The van der Waals surface area contributed by atoms with Crippen molar-refractivity contribution in [1.82, 2.24) is 19.8 Å². The van der Waals surface area contributed by atoms with E-state index in [4.69, 9.17) is 4.74 Å². The maximum atomic E-state index is 12.4. The molecule has 0 aromatic carbocycles. The van der Waals surface area contributed by atoms with Crippen molar-refractivity contribution < 1.29 is 19.4 Å². The molecular weight excluding hydrogens is 386 g/mol. The first-order chi connectivity index (χ1) is 14.5. The molecule has 0 saturated carbocycles. The molecule has 1 aliphatic rings. The Kier molecular flexibility index (Phi) is 7.69. The molecule has 1 saturated heterocycles. The normalized spacial score (nSPS) is 16.0. The summed E-state index contributed by atoms with van der Waals surface area (Å²) in [5, 5.41) is 12.3. The third kappa shape index (κ3) is 6.23. The van der Waals surface area contributed by atoms with Crippen LogP contribution in [0, 0.1) is 5.92 Å². The minimum Gasteiger partial charge on any atom is -0.481 e. The predicted octanol–water partition coefficient (Wildman–Crippen LogP) is 1.33. The van der Waals surface area contributed by atoms with Crippen molar-refractivity contribution in [3.8, 4) is 5.88 Å². The lowest BCUT2D eigenvalue weighted by molar-refractivity contribution is -0.144. The molecule has 3 rings (SSSR count). The van der Waals surface area contributed by atoms with E-state index in [-0.39, 0.29) is 12.3 Å². The van der Waals surface area contributed by atoms with E-state index in [1.165, 1.54) is 7.11 Å². The molecule has 0 radical (unpaired) electrons. The lowest BCUT2D eigenvalue weighted by atomic mass is 10.0. The van der Waals surface area contributed by atoms with Crippen LogP contribution in [0.25, 0.3) is 0 Å². The number of rotatable bonds is 9. The van der Waals surface area contributed by atoms with Gasteiger partial charge >= 0.3 is 5.97 Å². The van der Waals surface area contributed by atoms with Crippen LogP contribution < -0.4 is 10.1 Å². The number of ether oxygens (including phenoxy) is 1. The second-order valence-electron chi connectivity index (χ2n) is 7.25. The smallest absolute Gasteiger partial charge is 0.308 e. The van der Waals surface area contributed by atoms with Gasteiger partial charge in [0.2, 0.25) is 11.8 Å². The summed E-state index contributed by atoms with van der Waals surface area (Å²) in [5.74, 6) is -1.83. The van der Waals surface area contributed by atoms with Gasteiger partial charge < -0.3 is 15.2 Å². The first-order valence-electron chi connectivity index (χ1n) is 9.91. The molecule has 1 unspecified atom stereocenters. The largest absolute Gasteiger partial charge is 0.481 e. The highest BCUT2D eigenvalue weighted by Crippen LogP contribution is 2.21. The SMILES string of the molecule is COc1ncccc1NC(=O)CC(CN1CCN(Cc2ccccn2)CC1)C(=O)O. The second kappa shape index (κ2) is 10.7. The van der Waals surface area contributed by atoms with Crippen molar-refractivity contribution in [1.29, 1.82) is 0 Å². The highest BCUT2D eigenvalue weighted by Gasteiger charge is 2.27. The average molecular weight is 413 g/mol. The average Bonchev–Trinajstić information content (AvgIpc) is 2.75. The Bertz CT molecular complexity index is 840. The zero-order valence-corrected chi connectivity index (χ0v) is 17.0. The molecule has 0 spiro atoms. The third-order valence-electron chi connectivity index (χ3n) is 5.07. The number of anilines is 1. The van der Waals surface area contributed by atoms with E-state index >= 15 is 0 Å². The summed E-state index contributed by atoms with van der Waals surface area (Å²) in [5.41, 5.74) is 1.45. The van der Waals surface area contributed by atoms with Gasteiger partial charge in [-0.1, -0.05) is 6.07 Å². The Morgan fingerprint density at radius 2 is 1.83 bits per heavy atom. The standard InChI is InChI=1S/C21H27N5O4/c1-30-20-18(6-4-8-23-20)24-19(27)13-16(21(28)29)14-25-9-11-26(12-10-25)15-17-5-2-3-7-22-17/h2-8,16H,9-15H2,1H3,(H,24,27)(H,28,29). The number of carboxylic acids is 1. The fourth-order valence-electron chi connectivity index (χ4n) is 3.47. The maximum Gasteiger partial charge on any atom is 0.308 e. The summed E-state index contributed by atoms with van der Waals surface area (Å²) in [6.07, 6.45) is 3.23. The number of piperazine rings is 1. The van der Waals surface area contributed by atoms with E-state index in [2.05, 4.69) is 25.1 Å². The van der Waals surface area contributed by atoms with Crippen LogP contribution >= 0.6 is 0 Å². The number of nitrogens with one attached hydrogen (secondary N) is 1. The number of pyridine rings is 2. The lowest BCUT2D eigenvalue weighted by Crippen LogP contribution is -2.48. The zero-order chi connectivity index (χ0) is 21.3. The molecule has 1 atom stereocenters. The monoisotopic (exact) mass is 413 g/mol. The van der Waals surface area contributed by atoms with Crippen molar-refractivity contribution in [2.24, 2.45) is 5.92 Å². The quantitative estimate of drug-likeness (QED) is 0.634. The maximum absolute atomic E-state index is 12.4. The molecule has 2 N–H and O–H groups in total. The van der Waals surface area contributed by atoms with Crippen molar-refractivity contribution in [3.05, 3.63) is 48.4 Å². The summed E-state index contributed by atoms with van der Waals surface area (Å²) in [6, 6.07) is 9.22. The molecule has 9 heteroatoms. The molecule has 9 nitrogen and oxygen atoms in total. The highest BCUT2D eigenvalue weighted by atomic mass is 16.5. The topological polar surface area (TPSA) is 108 Å². The van der Waals surface area contributed by atoms with Gasteiger partial charge in [-0.3, -0.25) is 24.4 Å². The van der Waals surface area contributed by atoms with Crippen LogP contribution in [0.5, 0.6) is 5.88 Å². The molecule has 2 aromatic heterocycles. The van der Waals surface area contributed by atoms with Gasteiger partial charge in [-0.15, -0.1) is 0 Å². The number of methoxy groups -OCH3 is 1. The number of carboxylic acid groups (broad SMARTS) is 1. The summed E-state index contributed by atoms with van der Waals surface area (Å²) < 4.78 is 5.11. The van der Waals surface area contributed by atoms with Gasteiger partial charge in [-0.05, 0) is 24.3 Å². The third-order valence-corrected chi connectivity index (χ3v) is 5.07. The molecule has 1 amide bonds. The number of aromatic nitrogens is 2. The number of nitrogens with zero attached hydrogens (tertiary/aromatic N) is 4. The van der Waals surface area contributed by atoms with Gasteiger partial charge in [0.15, 0.2) is 0 Å². The second-order valence-corrected chi connectivity index (χ2v) is 7.25. The van der Waals surface area contributed by atoms with E-state index < -0.39 is 11.9 Å². The number of aliphatic carboxylic acids is 1. The van der Waals surface area contributed by atoms with Crippen LogP contribution in [0.2, 0.25) is 0 Å². The van der Waals surface area contributed by atoms with Crippen LogP contribution in [0.3, 0.4) is 0 Å². The highest BCUT2D eigenvalue weighted by molar-refractivity contribution is 5.94. The molecule has 0 bridgehead atoms. The molecule has 0 aliphatic carbocycles. The molecular formula is C21H27N5O4. The van der Waals surface area contributed by atoms with Crippen molar-refractivity contribution in [2.75, 3.05) is 45.2 Å². The van der Waals surface area contributed by atoms with Gasteiger partial charge in [0.1, 0.15) is 5.69 Å². The van der Waals surface area contributed by atoms with Gasteiger partial charge in [0.05, 0.1) is 18.7 Å². The van der Waals surface area contributed by atoms with Gasteiger partial charge in [-0.2, -0.15) is 0 Å². The van der Waals surface area contributed by atoms with Gasteiger partial charge in [0, 0.05) is 58.1 Å². The Balaban J connectivity index is 1.48. The Labute approximate surface area is 175 Å². The number of carbonyl (C=O) groups excluding carboxylic acids is 1. The summed E-state index contributed by atoms with van der Waals surface area (Å²) in [7, 11) is 1.46. The zero-order valence-electron chi connectivity index (χ0n) is 17.0. The van der Waals surface area contributed by atoms with E-state index in [0.29, 0.717) is 18.1 Å². The van der Waals surface area contributed by atoms with Crippen molar-refractivity contribution in [3.63, 3.8) is 0 Å². The predicted molar refractivity (Wildman–Crippen MR) is 111 cm³/mol. The van der Waals surface area contributed by atoms with Crippen molar-refractivity contribution >= 4 is 17.6 Å². The minimum atomic E-state index is -0.973. The van der Waals surface area contributed by atoms with Crippen LogP contribution in [-0.4, -0.2) is 76.6 Å². The summed E-state index contributed by atoms with van der Waals surface area (Å²) >= 11 is 0. The Hall–Kier alpha value is -3.04. The van der Waals surface area contributed by atoms with Gasteiger partial charge in [0.25, 0.3) is 0 Å². The molecule has 3 heterocycles. The molecule has 160 valence electrons. The fourth-order valence-corrected chi connectivity index (χ4v) is 3.47. The van der Waals surface area contributed by atoms with Gasteiger partial charge in [-0.25, -0.2) is 4.98 Å². The number of carbonyl (C=O) groups is 2.